The van der Waals surface area contributed by atoms with Crippen LogP contribution in [0, 0.1) is 0 Å². The van der Waals surface area contributed by atoms with Gasteiger partial charge in [-0.3, -0.25) is 0 Å². The summed E-state index contributed by atoms with van der Waals surface area (Å²) in [5.74, 6) is 0.108. The van der Waals surface area contributed by atoms with Crippen LogP contribution < -0.4 is 15.8 Å². The van der Waals surface area contributed by atoms with Gasteiger partial charge in [-0.1, -0.05) is 0 Å². The largest absolute Gasteiger partial charge is 0.494 e. The number of nitrogen functional groups attached to an aromatic ring is 1. The van der Waals surface area contributed by atoms with Crippen LogP contribution in [0.15, 0.2) is 18.2 Å². The maximum Gasteiger partial charge on any atom is 0.418 e. The van der Waals surface area contributed by atoms with Crippen LogP contribution in [0.3, 0.4) is 0 Å². The van der Waals surface area contributed by atoms with E-state index in [0.29, 0.717) is 19.4 Å². The highest BCUT2D eigenvalue weighted by molar-refractivity contribution is 5.67. The molecule has 0 atom stereocenters. The third-order valence-corrected chi connectivity index (χ3v) is 2.84. The molecule has 0 saturated carbocycles. The number of hydrogen-bond donors (Lipinski definition) is 2. The number of unbranched alkanes of at least 4 members (excludes halogenated alkanes) is 1. The molecule has 1 aromatic rings. The normalized spacial score (nSPS) is 11.9. The molecule has 0 aliphatic carbocycles. The van der Waals surface area contributed by atoms with Gasteiger partial charge in [0, 0.05) is 12.2 Å². The first kappa shape index (κ1) is 19.9. The fraction of sp³-hybridized carbons (Fsp3) is 0.562. The number of anilines is 1. The second-order valence-electron chi connectivity index (χ2n) is 6.23. The van der Waals surface area contributed by atoms with Gasteiger partial charge in [0.25, 0.3) is 0 Å². The van der Waals surface area contributed by atoms with Crippen molar-refractivity contribution >= 4 is 11.8 Å². The average Bonchev–Trinajstić information content (AvgIpc) is 2.41. The van der Waals surface area contributed by atoms with Gasteiger partial charge in [-0.05, 0) is 51.8 Å². The molecule has 0 aromatic heterocycles. The van der Waals surface area contributed by atoms with Crippen LogP contribution >= 0.6 is 0 Å². The van der Waals surface area contributed by atoms with Crippen LogP contribution in [0.1, 0.15) is 39.2 Å². The van der Waals surface area contributed by atoms with Crippen molar-refractivity contribution in [2.24, 2.45) is 0 Å². The number of hydrogen-bond acceptors (Lipinski definition) is 4. The Kier molecular flexibility index (Phi) is 6.74. The minimum absolute atomic E-state index is 0.108. The van der Waals surface area contributed by atoms with E-state index in [9.17, 15) is 18.0 Å². The molecule has 0 bridgehead atoms. The maximum absolute atomic E-state index is 12.7. The van der Waals surface area contributed by atoms with Gasteiger partial charge in [0.15, 0.2) is 0 Å². The number of amides is 1. The van der Waals surface area contributed by atoms with E-state index in [0.717, 1.165) is 6.07 Å². The van der Waals surface area contributed by atoms with Crippen LogP contribution in [-0.2, 0) is 10.9 Å². The topological polar surface area (TPSA) is 73.6 Å². The number of alkyl carbamates (subject to hydrolysis) is 1. The Morgan fingerprint density at radius 3 is 2.46 bits per heavy atom. The summed E-state index contributed by atoms with van der Waals surface area (Å²) in [5, 5.41) is 2.59. The predicted molar refractivity (Wildman–Crippen MR) is 84.8 cm³/mol. The summed E-state index contributed by atoms with van der Waals surface area (Å²) in [6.45, 7) is 5.93. The Bertz CT molecular complexity index is 554. The lowest BCUT2D eigenvalue weighted by molar-refractivity contribution is -0.137. The predicted octanol–water partition coefficient (Wildman–Crippen LogP) is 3.97. The lowest BCUT2D eigenvalue weighted by Gasteiger charge is -2.19. The standard InChI is InChI=1S/C16H23F3N2O3/c1-15(2,3)24-14(22)21-8-4-5-9-23-11-6-7-13(20)12(10-11)16(17,18)19/h6-7,10H,4-5,8-9,20H2,1-3H3,(H,21,22). The van der Waals surface area contributed by atoms with Crippen LogP contribution in [0.4, 0.5) is 23.7 Å². The van der Waals surface area contributed by atoms with Gasteiger partial charge in [0.05, 0.1) is 12.2 Å². The van der Waals surface area contributed by atoms with Crippen molar-refractivity contribution in [1.29, 1.82) is 0 Å². The summed E-state index contributed by atoms with van der Waals surface area (Å²) in [4.78, 5) is 11.4. The van der Waals surface area contributed by atoms with Crippen LogP contribution in [0.25, 0.3) is 0 Å². The van der Waals surface area contributed by atoms with E-state index in [1.807, 2.05) is 0 Å². The Morgan fingerprint density at radius 1 is 1.21 bits per heavy atom. The van der Waals surface area contributed by atoms with Crippen molar-refractivity contribution < 1.29 is 27.4 Å². The molecular formula is C16H23F3N2O3. The summed E-state index contributed by atoms with van der Waals surface area (Å²) in [5.41, 5.74) is 3.51. The number of benzene rings is 1. The quantitative estimate of drug-likeness (QED) is 0.603. The molecule has 0 unspecified atom stereocenters. The van der Waals surface area contributed by atoms with Gasteiger partial charge >= 0.3 is 12.3 Å². The van der Waals surface area contributed by atoms with E-state index in [4.69, 9.17) is 15.2 Å². The molecule has 24 heavy (non-hydrogen) atoms. The van der Waals surface area contributed by atoms with E-state index in [-0.39, 0.29) is 18.0 Å². The molecule has 1 amide bonds. The van der Waals surface area contributed by atoms with Gasteiger partial charge in [0.1, 0.15) is 11.4 Å². The highest BCUT2D eigenvalue weighted by Crippen LogP contribution is 2.35. The number of nitrogens with one attached hydrogen (secondary N) is 1. The molecule has 0 radical (unpaired) electrons. The Balaban J connectivity index is 2.30. The Hall–Kier alpha value is -2.12. The monoisotopic (exact) mass is 348 g/mol. The first-order valence-electron chi connectivity index (χ1n) is 7.55. The summed E-state index contributed by atoms with van der Waals surface area (Å²) < 4.78 is 48.5. The van der Waals surface area contributed by atoms with E-state index in [1.165, 1.54) is 12.1 Å². The molecule has 0 spiro atoms. The third-order valence-electron chi connectivity index (χ3n) is 2.84. The number of halogens is 3. The van der Waals surface area contributed by atoms with Crippen molar-refractivity contribution in [2.45, 2.75) is 45.4 Å². The first-order valence-corrected chi connectivity index (χ1v) is 7.55. The second kappa shape index (κ2) is 8.12. The van der Waals surface area contributed by atoms with Crippen LogP contribution in [0.5, 0.6) is 5.75 Å². The van der Waals surface area contributed by atoms with E-state index in [1.54, 1.807) is 20.8 Å². The first-order chi connectivity index (χ1) is 11.0. The number of rotatable bonds is 6. The number of alkyl halides is 3. The van der Waals surface area contributed by atoms with Gasteiger partial charge in [-0.25, -0.2) is 4.79 Å². The SMILES string of the molecule is CC(C)(C)OC(=O)NCCCCOc1ccc(N)c(C(F)(F)F)c1. The van der Waals surface area contributed by atoms with E-state index >= 15 is 0 Å². The minimum atomic E-state index is -4.51. The summed E-state index contributed by atoms with van der Waals surface area (Å²) in [7, 11) is 0. The van der Waals surface area contributed by atoms with E-state index < -0.39 is 23.4 Å². The molecule has 0 fully saturated rings. The van der Waals surface area contributed by atoms with E-state index in [2.05, 4.69) is 5.32 Å². The van der Waals surface area contributed by atoms with Crippen molar-refractivity contribution in [3.8, 4) is 5.75 Å². The third kappa shape index (κ3) is 7.43. The molecule has 8 heteroatoms. The number of carbonyl (C=O) groups is 1. The molecule has 1 aromatic carbocycles. The summed E-state index contributed by atoms with van der Waals surface area (Å²) in [6.07, 6.45) is -3.83. The molecule has 0 aliphatic rings. The van der Waals surface area contributed by atoms with Crippen molar-refractivity contribution in [3.63, 3.8) is 0 Å². The molecule has 0 heterocycles. The van der Waals surface area contributed by atoms with Gasteiger partial charge < -0.3 is 20.5 Å². The van der Waals surface area contributed by atoms with Crippen molar-refractivity contribution in [3.05, 3.63) is 23.8 Å². The highest BCUT2D eigenvalue weighted by atomic mass is 19.4. The number of ether oxygens (including phenoxy) is 2. The zero-order chi connectivity index (χ0) is 18.4. The molecule has 0 saturated heterocycles. The highest BCUT2D eigenvalue weighted by Gasteiger charge is 2.33. The molecule has 3 N–H and O–H groups in total. The second-order valence-corrected chi connectivity index (χ2v) is 6.23. The summed E-state index contributed by atoms with van der Waals surface area (Å²) in [6, 6.07) is 3.44. The Labute approximate surface area is 139 Å². The zero-order valence-electron chi connectivity index (χ0n) is 14.0. The molecule has 5 nitrogen and oxygen atoms in total. The van der Waals surface area contributed by atoms with Gasteiger partial charge in [-0.2, -0.15) is 13.2 Å². The smallest absolute Gasteiger partial charge is 0.418 e. The van der Waals surface area contributed by atoms with Crippen molar-refractivity contribution in [2.75, 3.05) is 18.9 Å². The lowest BCUT2D eigenvalue weighted by atomic mass is 10.1. The molecular weight excluding hydrogens is 325 g/mol. The van der Waals surface area contributed by atoms with Crippen LogP contribution in [0.2, 0.25) is 0 Å². The molecule has 1 rings (SSSR count). The zero-order valence-corrected chi connectivity index (χ0v) is 14.0. The lowest BCUT2D eigenvalue weighted by Crippen LogP contribution is -2.33. The average molecular weight is 348 g/mol. The fourth-order valence-corrected chi connectivity index (χ4v) is 1.79. The summed E-state index contributed by atoms with van der Waals surface area (Å²) >= 11 is 0. The fourth-order valence-electron chi connectivity index (χ4n) is 1.79. The Morgan fingerprint density at radius 2 is 1.88 bits per heavy atom. The minimum Gasteiger partial charge on any atom is -0.494 e. The molecule has 136 valence electrons. The number of carbonyl (C=O) groups excluding carboxylic acids is 1. The van der Waals surface area contributed by atoms with Gasteiger partial charge in [0.2, 0.25) is 0 Å². The van der Waals surface area contributed by atoms with Crippen molar-refractivity contribution in [1.82, 2.24) is 5.32 Å². The van der Waals surface area contributed by atoms with Gasteiger partial charge in [-0.15, -0.1) is 0 Å². The molecule has 0 aliphatic heterocycles. The maximum atomic E-state index is 12.7. The van der Waals surface area contributed by atoms with Crippen LogP contribution in [-0.4, -0.2) is 24.8 Å². The number of nitrogens with two attached hydrogens (primary N) is 1.